The van der Waals surface area contributed by atoms with Crippen LogP contribution in [0.4, 0.5) is 5.13 Å². The van der Waals surface area contributed by atoms with E-state index in [4.69, 9.17) is 4.74 Å². The molecule has 1 aromatic carbocycles. The van der Waals surface area contributed by atoms with Crippen LogP contribution >= 0.6 is 11.5 Å². The van der Waals surface area contributed by atoms with Gasteiger partial charge < -0.3 is 10.1 Å². The van der Waals surface area contributed by atoms with Crippen molar-refractivity contribution in [3.05, 3.63) is 35.7 Å². The Morgan fingerprint density at radius 2 is 2.11 bits per heavy atom. The van der Waals surface area contributed by atoms with E-state index in [-0.39, 0.29) is 5.92 Å². The first kappa shape index (κ1) is 11.2. The van der Waals surface area contributed by atoms with Gasteiger partial charge in [0, 0.05) is 23.1 Å². The summed E-state index contributed by atoms with van der Waals surface area (Å²) in [6.07, 6.45) is 3.47. The molecular weight excluding hydrogens is 258 g/mol. The molecule has 1 unspecified atom stereocenters. The van der Waals surface area contributed by atoms with Gasteiger partial charge in [-0.1, -0.05) is 18.2 Å². The SMILES string of the molecule is c1ccc2c(c1)OCCC2c1nsc(NC2CC2)n1. The van der Waals surface area contributed by atoms with Gasteiger partial charge in [-0.2, -0.15) is 4.37 Å². The lowest BCUT2D eigenvalue weighted by molar-refractivity contribution is 0.275. The van der Waals surface area contributed by atoms with Crippen LogP contribution in [-0.2, 0) is 0 Å². The molecule has 2 aliphatic rings. The molecule has 1 N–H and O–H groups in total. The number of hydrogen-bond donors (Lipinski definition) is 1. The molecule has 0 bridgehead atoms. The minimum absolute atomic E-state index is 0.274. The third kappa shape index (κ3) is 2.18. The summed E-state index contributed by atoms with van der Waals surface area (Å²) in [5.41, 5.74) is 1.21. The molecule has 0 amide bonds. The van der Waals surface area contributed by atoms with Gasteiger partial charge in [0.2, 0.25) is 5.13 Å². The molecule has 19 heavy (non-hydrogen) atoms. The van der Waals surface area contributed by atoms with E-state index in [0.717, 1.165) is 29.7 Å². The second-order valence-corrected chi connectivity index (χ2v) is 5.86. The van der Waals surface area contributed by atoms with E-state index in [1.165, 1.54) is 29.9 Å². The van der Waals surface area contributed by atoms with Gasteiger partial charge in [-0.3, -0.25) is 0 Å². The largest absolute Gasteiger partial charge is 0.493 e. The first-order valence-electron chi connectivity index (χ1n) is 6.72. The van der Waals surface area contributed by atoms with Crippen molar-refractivity contribution in [1.29, 1.82) is 0 Å². The van der Waals surface area contributed by atoms with Crippen molar-refractivity contribution in [2.24, 2.45) is 0 Å². The smallest absolute Gasteiger partial charge is 0.202 e. The molecule has 1 aromatic heterocycles. The van der Waals surface area contributed by atoms with Crippen LogP contribution in [0.15, 0.2) is 24.3 Å². The fourth-order valence-corrected chi connectivity index (χ4v) is 3.15. The van der Waals surface area contributed by atoms with Gasteiger partial charge in [-0.05, 0) is 25.3 Å². The van der Waals surface area contributed by atoms with Crippen LogP contribution in [0.1, 0.15) is 36.6 Å². The van der Waals surface area contributed by atoms with Crippen LogP contribution in [0.2, 0.25) is 0 Å². The highest BCUT2D eigenvalue weighted by Gasteiger charge is 2.27. The van der Waals surface area contributed by atoms with E-state index in [0.29, 0.717) is 6.04 Å². The Labute approximate surface area is 116 Å². The molecule has 1 saturated carbocycles. The molecule has 2 aromatic rings. The van der Waals surface area contributed by atoms with Gasteiger partial charge in [0.05, 0.1) is 12.5 Å². The average molecular weight is 273 g/mol. The number of hydrogen-bond acceptors (Lipinski definition) is 5. The lowest BCUT2D eigenvalue weighted by atomic mass is 9.93. The van der Waals surface area contributed by atoms with E-state index in [1.807, 2.05) is 12.1 Å². The van der Waals surface area contributed by atoms with Crippen LogP contribution in [0.5, 0.6) is 5.75 Å². The molecule has 0 saturated heterocycles. The standard InChI is InChI=1S/C14H15N3OS/c1-2-4-12-10(3-1)11(7-8-18-12)13-16-14(19-17-13)15-9-5-6-9/h1-4,9,11H,5-8H2,(H,15,16,17). The molecule has 98 valence electrons. The maximum atomic E-state index is 5.69. The Kier molecular flexibility index (Phi) is 2.65. The van der Waals surface area contributed by atoms with Gasteiger partial charge >= 0.3 is 0 Å². The summed E-state index contributed by atoms with van der Waals surface area (Å²) in [5, 5.41) is 4.37. The van der Waals surface area contributed by atoms with E-state index in [1.54, 1.807) is 0 Å². The van der Waals surface area contributed by atoms with Gasteiger partial charge in [0.1, 0.15) is 5.75 Å². The first-order valence-corrected chi connectivity index (χ1v) is 7.49. The molecule has 5 heteroatoms. The summed E-state index contributed by atoms with van der Waals surface area (Å²) in [4.78, 5) is 4.65. The summed E-state index contributed by atoms with van der Waals surface area (Å²) in [6.45, 7) is 0.742. The molecule has 1 atom stereocenters. The third-order valence-electron chi connectivity index (χ3n) is 3.62. The Morgan fingerprint density at radius 1 is 1.21 bits per heavy atom. The number of ether oxygens (including phenoxy) is 1. The van der Waals surface area contributed by atoms with Crippen molar-refractivity contribution in [2.75, 3.05) is 11.9 Å². The van der Waals surface area contributed by atoms with Gasteiger partial charge in [-0.25, -0.2) is 4.98 Å². The summed E-state index contributed by atoms with van der Waals surface area (Å²) >= 11 is 1.47. The molecule has 0 spiro atoms. The molecule has 1 aliphatic carbocycles. The lowest BCUT2D eigenvalue weighted by Gasteiger charge is -2.23. The minimum atomic E-state index is 0.274. The van der Waals surface area contributed by atoms with Gasteiger partial charge in [0.25, 0.3) is 0 Å². The number of rotatable bonds is 3. The van der Waals surface area contributed by atoms with Crippen molar-refractivity contribution in [3.63, 3.8) is 0 Å². The topological polar surface area (TPSA) is 47.0 Å². The van der Waals surface area contributed by atoms with Crippen LogP contribution in [-0.4, -0.2) is 22.0 Å². The second kappa shape index (κ2) is 4.49. The van der Waals surface area contributed by atoms with Crippen molar-refractivity contribution in [2.45, 2.75) is 31.2 Å². The van der Waals surface area contributed by atoms with Gasteiger partial charge in [-0.15, -0.1) is 0 Å². The Morgan fingerprint density at radius 3 is 3.00 bits per heavy atom. The lowest BCUT2D eigenvalue weighted by Crippen LogP contribution is -2.16. The minimum Gasteiger partial charge on any atom is -0.493 e. The highest BCUT2D eigenvalue weighted by Crippen LogP contribution is 2.37. The number of aromatic nitrogens is 2. The van der Waals surface area contributed by atoms with Crippen molar-refractivity contribution < 1.29 is 4.74 Å². The maximum absolute atomic E-state index is 5.69. The molecule has 0 radical (unpaired) electrons. The molecule has 2 heterocycles. The Hall–Kier alpha value is -1.62. The highest BCUT2D eigenvalue weighted by atomic mass is 32.1. The Bertz CT molecular complexity index is 594. The van der Waals surface area contributed by atoms with Crippen molar-refractivity contribution >= 4 is 16.7 Å². The summed E-state index contributed by atoms with van der Waals surface area (Å²) in [5.74, 6) is 2.19. The maximum Gasteiger partial charge on any atom is 0.202 e. The monoisotopic (exact) mass is 273 g/mol. The molecule has 1 fully saturated rings. The summed E-state index contributed by atoms with van der Waals surface area (Å²) < 4.78 is 10.2. The number of nitrogens with zero attached hydrogens (tertiary/aromatic N) is 2. The fourth-order valence-electron chi connectivity index (χ4n) is 2.45. The van der Waals surface area contributed by atoms with E-state index < -0.39 is 0 Å². The average Bonchev–Trinajstić information content (AvgIpc) is 3.14. The van der Waals surface area contributed by atoms with Crippen LogP contribution in [0.3, 0.4) is 0 Å². The van der Waals surface area contributed by atoms with Crippen LogP contribution in [0, 0.1) is 0 Å². The number of benzene rings is 1. The van der Waals surface area contributed by atoms with E-state index in [9.17, 15) is 0 Å². The van der Waals surface area contributed by atoms with Gasteiger partial charge in [0.15, 0.2) is 5.82 Å². The van der Waals surface area contributed by atoms with Crippen LogP contribution < -0.4 is 10.1 Å². The normalized spacial score (nSPS) is 21.6. The Balaban J connectivity index is 1.63. The number of para-hydroxylation sites is 1. The first-order chi connectivity index (χ1) is 9.40. The second-order valence-electron chi connectivity index (χ2n) is 5.10. The molecule has 4 nitrogen and oxygen atoms in total. The fraction of sp³-hybridized carbons (Fsp3) is 0.429. The predicted molar refractivity (Wildman–Crippen MR) is 75.0 cm³/mol. The van der Waals surface area contributed by atoms with Crippen molar-refractivity contribution in [1.82, 2.24) is 9.36 Å². The zero-order valence-corrected chi connectivity index (χ0v) is 11.3. The molecular formula is C14H15N3OS. The van der Waals surface area contributed by atoms with Crippen molar-refractivity contribution in [3.8, 4) is 5.75 Å². The zero-order valence-electron chi connectivity index (χ0n) is 10.5. The summed E-state index contributed by atoms with van der Waals surface area (Å²) in [6, 6.07) is 8.83. The van der Waals surface area contributed by atoms with E-state index >= 15 is 0 Å². The number of fused-ring (bicyclic) bond motifs is 1. The predicted octanol–water partition coefficient (Wildman–Crippen LogP) is 3.03. The summed E-state index contributed by atoms with van der Waals surface area (Å²) in [7, 11) is 0. The number of anilines is 1. The number of nitrogens with one attached hydrogen (secondary N) is 1. The highest BCUT2D eigenvalue weighted by molar-refractivity contribution is 7.09. The third-order valence-corrected chi connectivity index (χ3v) is 4.28. The zero-order chi connectivity index (χ0) is 12.7. The quantitative estimate of drug-likeness (QED) is 0.933. The molecule has 1 aliphatic heterocycles. The molecule has 4 rings (SSSR count). The van der Waals surface area contributed by atoms with Crippen LogP contribution in [0.25, 0.3) is 0 Å². The van der Waals surface area contributed by atoms with E-state index in [2.05, 4.69) is 26.8 Å².